The molecule has 1 aliphatic heterocycles. The van der Waals surface area contributed by atoms with Crippen LogP contribution in [-0.2, 0) is 21.0 Å². The molecule has 12 heteroatoms. The average Bonchev–Trinajstić information content (AvgIpc) is 3.50. The Labute approximate surface area is 172 Å². The minimum absolute atomic E-state index is 0.0786. The van der Waals surface area contributed by atoms with Crippen LogP contribution in [0.3, 0.4) is 0 Å². The van der Waals surface area contributed by atoms with Gasteiger partial charge in [-0.2, -0.15) is 17.5 Å². The van der Waals surface area contributed by atoms with Crippen molar-refractivity contribution in [2.75, 3.05) is 26.2 Å². The molecule has 30 heavy (non-hydrogen) atoms. The molecule has 0 radical (unpaired) electrons. The molecule has 2 fully saturated rings. The number of carbonyl (C=O) groups is 2. The summed E-state index contributed by atoms with van der Waals surface area (Å²) in [4.78, 5) is 25.5. The smallest absolute Gasteiger partial charge is 0.335 e. The van der Waals surface area contributed by atoms with E-state index in [4.69, 9.17) is 0 Å². The molecule has 3 rings (SSSR count). The predicted octanol–water partition coefficient (Wildman–Crippen LogP) is 1.39. The molecule has 2 aliphatic rings. The van der Waals surface area contributed by atoms with Crippen molar-refractivity contribution in [2.45, 2.75) is 42.9 Å². The molecule has 1 aliphatic carbocycles. The zero-order chi connectivity index (χ0) is 22.1. The molecule has 8 nitrogen and oxygen atoms in total. The minimum atomic E-state index is -4.54. The second kappa shape index (κ2) is 8.52. The predicted molar refractivity (Wildman–Crippen MR) is 101 cm³/mol. The Hall–Kier alpha value is -2.18. The van der Waals surface area contributed by atoms with E-state index in [1.807, 2.05) is 0 Å². The van der Waals surface area contributed by atoms with Crippen LogP contribution in [0.4, 0.5) is 18.0 Å². The van der Waals surface area contributed by atoms with Crippen molar-refractivity contribution >= 4 is 22.0 Å². The van der Waals surface area contributed by atoms with Crippen molar-refractivity contribution in [3.63, 3.8) is 0 Å². The fourth-order valence-electron chi connectivity index (χ4n) is 3.13. The van der Waals surface area contributed by atoms with Crippen LogP contribution >= 0.6 is 0 Å². The van der Waals surface area contributed by atoms with Gasteiger partial charge in [0.2, 0.25) is 15.9 Å². The van der Waals surface area contributed by atoms with Gasteiger partial charge in [-0.05, 0) is 44.0 Å². The first-order valence-corrected chi connectivity index (χ1v) is 11.0. The maximum absolute atomic E-state index is 12.7. The average molecular weight is 448 g/mol. The van der Waals surface area contributed by atoms with E-state index in [1.54, 1.807) is 11.8 Å². The van der Waals surface area contributed by atoms with Crippen molar-refractivity contribution < 1.29 is 31.2 Å². The summed E-state index contributed by atoms with van der Waals surface area (Å²) in [6, 6.07) is 2.30. The molecule has 2 N–H and O–H groups in total. The van der Waals surface area contributed by atoms with E-state index >= 15 is 0 Å². The van der Waals surface area contributed by atoms with Crippen LogP contribution in [-0.4, -0.2) is 67.8 Å². The van der Waals surface area contributed by atoms with Gasteiger partial charge in [0.05, 0.1) is 16.5 Å². The summed E-state index contributed by atoms with van der Waals surface area (Å²) in [6.07, 6.45) is -2.75. The lowest BCUT2D eigenvalue weighted by molar-refractivity contribution is -0.137. The highest BCUT2D eigenvalue weighted by molar-refractivity contribution is 7.89. The molecule has 1 atom stereocenters. The summed E-state index contributed by atoms with van der Waals surface area (Å²) in [5.41, 5.74) is -0.920. The molecule has 166 valence electrons. The number of hydrogen-bond donors (Lipinski definition) is 2. The van der Waals surface area contributed by atoms with Crippen molar-refractivity contribution in [1.29, 1.82) is 0 Å². The van der Waals surface area contributed by atoms with E-state index in [0.717, 1.165) is 37.1 Å². The lowest BCUT2D eigenvalue weighted by Crippen LogP contribution is -2.56. The zero-order valence-electron chi connectivity index (χ0n) is 16.3. The van der Waals surface area contributed by atoms with Gasteiger partial charge in [-0.15, -0.1) is 0 Å². The Morgan fingerprint density at radius 3 is 2.13 bits per heavy atom. The monoisotopic (exact) mass is 448 g/mol. The number of nitrogens with one attached hydrogen (secondary N) is 2. The molecule has 1 unspecified atom stereocenters. The topological polar surface area (TPSA) is 98.8 Å². The molecule has 1 aromatic carbocycles. The maximum atomic E-state index is 12.7. The molecule has 0 spiro atoms. The third kappa shape index (κ3) is 5.29. The fourth-order valence-corrected chi connectivity index (χ4v) is 4.55. The second-order valence-corrected chi connectivity index (χ2v) is 9.31. The lowest BCUT2D eigenvalue weighted by Gasteiger charge is -2.36. The molecule has 3 amide bonds. The number of amides is 3. The maximum Gasteiger partial charge on any atom is 0.416 e. The van der Waals surface area contributed by atoms with E-state index in [2.05, 4.69) is 10.6 Å². The molecule has 1 saturated heterocycles. The highest BCUT2D eigenvalue weighted by Gasteiger charge is 2.34. The van der Waals surface area contributed by atoms with Crippen LogP contribution in [0, 0.1) is 0 Å². The third-order valence-corrected chi connectivity index (χ3v) is 7.08. The number of sulfonamides is 1. The van der Waals surface area contributed by atoms with Crippen molar-refractivity contribution in [1.82, 2.24) is 19.8 Å². The number of rotatable bonds is 5. The van der Waals surface area contributed by atoms with Gasteiger partial charge < -0.3 is 5.32 Å². The van der Waals surface area contributed by atoms with Gasteiger partial charge in [-0.1, -0.05) is 0 Å². The van der Waals surface area contributed by atoms with Gasteiger partial charge in [-0.3, -0.25) is 15.0 Å². The quantitative estimate of drug-likeness (QED) is 0.709. The van der Waals surface area contributed by atoms with E-state index in [9.17, 15) is 31.2 Å². The number of piperazine rings is 1. The number of hydrogen-bond acceptors (Lipinski definition) is 5. The Bertz CT molecular complexity index is 893. The summed E-state index contributed by atoms with van der Waals surface area (Å²) >= 11 is 0. The number of alkyl halides is 3. The second-order valence-electron chi connectivity index (χ2n) is 7.38. The number of halogens is 3. The molecule has 0 aromatic heterocycles. The van der Waals surface area contributed by atoms with Crippen LogP contribution in [0.25, 0.3) is 0 Å². The van der Waals surface area contributed by atoms with E-state index < -0.39 is 39.7 Å². The molecule has 1 heterocycles. The number of urea groups is 1. The van der Waals surface area contributed by atoms with Gasteiger partial charge in [0, 0.05) is 32.2 Å². The fraction of sp³-hybridized carbons (Fsp3) is 0.556. The molecular formula is C18H23F3N4O4S. The molecule has 1 aromatic rings. The summed E-state index contributed by atoms with van der Waals surface area (Å²) < 4.78 is 64.6. The van der Waals surface area contributed by atoms with E-state index in [-0.39, 0.29) is 37.1 Å². The Morgan fingerprint density at radius 1 is 1.07 bits per heavy atom. The normalized spacial score (nSPS) is 19.9. The number of imide groups is 1. The first-order chi connectivity index (χ1) is 14.0. The summed E-state index contributed by atoms with van der Waals surface area (Å²) in [5, 5.41) is 4.93. The highest BCUT2D eigenvalue weighted by Crippen LogP contribution is 2.30. The summed E-state index contributed by atoms with van der Waals surface area (Å²) in [7, 11) is -3.94. The van der Waals surface area contributed by atoms with Gasteiger partial charge in [0.1, 0.15) is 0 Å². The number of carbonyl (C=O) groups excluding carboxylic acids is 2. The van der Waals surface area contributed by atoms with Crippen molar-refractivity contribution in [3.05, 3.63) is 29.8 Å². The van der Waals surface area contributed by atoms with Crippen LogP contribution < -0.4 is 10.6 Å². The van der Waals surface area contributed by atoms with Crippen LogP contribution in [0.1, 0.15) is 25.3 Å². The van der Waals surface area contributed by atoms with E-state index in [0.29, 0.717) is 0 Å². The Balaban J connectivity index is 1.55. The highest BCUT2D eigenvalue weighted by atomic mass is 32.2. The van der Waals surface area contributed by atoms with Crippen LogP contribution in [0.5, 0.6) is 0 Å². The Morgan fingerprint density at radius 2 is 1.63 bits per heavy atom. The van der Waals surface area contributed by atoms with Crippen molar-refractivity contribution in [2.24, 2.45) is 0 Å². The third-order valence-electron chi connectivity index (χ3n) is 5.17. The SMILES string of the molecule is CC(C(=O)NC(=O)NC1CC1)N1CCN(S(=O)(=O)c2ccc(C(F)(F)F)cc2)CC1. The summed E-state index contributed by atoms with van der Waals surface area (Å²) in [5.74, 6) is -0.479. The van der Waals surface area contributed by atoms with Crippen molar-refractivity contribution in [3.8, 4) is 0 Å². The molecular weight excluding hydrogens is 425 g/mol. The zero-order valence-corrected chi connectivity index (χ0v) is 17.1. The largest absolute Gasteiger partial charge is 0.416 e. The number of benzene rings is 1. The van der Waals surface area contributed by atoms with E-state index in [1.165, 1.54) is 4.31 Å². The summed E-state index contributed by atoms with van der Waals surface area (Å²) in [6.45, 7) is 2.28. The molecule has 1 saturated carbocycles. The van der Waals surface area contributed by atoms with Gasteiger partial charge in [-0.25, -0.2) is 13.2 Å². The standard InChI is InChI=1S/C18H23F3N4O4S/c1-12(16(26)23-17(27)22-14-4-5-14)24-8-10-25(11-9-24)30(28,29)15-6-2-13(3-7-15)18(19,20)21/h2-3,6-7,12,14H,4-5,8-11H2,1H3,(H2,22,23,26,27). The van der Waals surface area contributed by atoms with Gasteiger partial charge >= 0.3 is 12.2 Å². The minimum Gasteiger partial charge on any atom is -0.335 e. The lowest BCUT2D eigenvalue weighted by atomic mass is 10.2. The van der Waals surface area contributed by atoms with Gasteiger partial charge in [0.25, 0.3) is 0 Å². The van der Waals surface area contributed by atoms with Crippen LogP contribution in [0.15, 0.2) is 29.2 Å². The number of nitrogens with zero attached hydrogens (tertiary/aromatic N) is 2. The Kier molecular flexibility index (Phi) is 6.39. The first kappa shape index (κ1) is 22.5. The van der Waals surface area contributed by atoms with Gasteiger partial charge in [0.15, 0.2) is 0 Å². The first-order valence-electron chi connectivity index (χ1n) is 9.51. The molecule has 0 bridgehead atoms. The van der Waals surface area contributed by atoms with Crippen LogP contribution in [0.2, 0.25) is 0 Å².